The molecular formula is C2H2Cl4O5S2. The second-order valence-electron chi connectivity index (χ2n) is 1.57. The Kier molecular flexibility index (Phi) is 5.06. The molecule has 11 heteroatoms. The number of halogens is 4. The topological polar surface area (TPSA) is 77.5 Å². The van der Waals surface area contributed by atoms with Crippen LogP contribution < -0.4 is 0 Å². The maximum absolute atomic E-state index is 10.7. The first-order chi connectivity index (χ1) is 5.59. The summed E-state index contributed by atoms with van der Waals surface area (Å²) in [7, 11) is -9.25. The molecule has 0 saturated heterocycles. The summed E-state index contributed by atoms with van der Waals surface area (Å²) in [6, 6.07) is 0. The maximum Gasteiger partial charge on any atom is 0.313 e. The molecule has 0 atom stereocenters. The average molecular weight is 312 g/mol. The van der Waals surface area contributed by atoms with Crippen molar-refractivity contribution in [3.8, 4) is 0 Å². The Bertz CT molecular complexity index is 318. The summed E-state index contributed by atoms with van der Waals surface area (Å²) in [5, 5.41) is 0. The van der Waals surface area contributed by atoms with Crippen LogP contribution in [0.2, 0.25) is 0 Å². The SMILES string of the molecule is O=S(=O)(OS(=O)(=O)C(Cl)Cl)C(Cl)Cl. The molecule has 0 spiro atoms. The van der Waals surface area contributed by atoms with Gasteiger partial charge in [0.1, 0.15) is 0 Å². The molecule has 5 nitrogen and oxygen atoms in total. The molecule has 0 aliphatic rings. The second-order valence-corrected chi connectivity index (χ2v) is 8.26. The minimum absolute atomic E-state index is 2.03. The predicted molar refractivity (Wildman–Crippen MR) is 49.9 cm³/mol. The van der Waals surface area contributed by atoms with E-state index in [-0.39, 0.29) is 0 Å². The lowest BCUT2D eigenvalue weighted by Gasteiger charge is -2.05. The highest BCUT2D eigenvalue weighted by Crippen LogP contribution is 2.21. The number of rotatable bonds is 4. The van der Waals surface area contributed by atoms with E-state index >= 15 is 0 Å². The number of hydrogen-bond acceptors (Lipinski definition) is 5. The Hall–Kier alpha value is 1.02. The van der Waals surface area contributed by atoms with E-state index in [1.54, 1.807) is 0 Å². The number of alkyl halides is 4. The van der Waals surface area contributed by atoms with Crippen LogP contribution in [0.25, 0.3) is 0 Å². The van der Waals surface area contributed by atoms with Gasteiger partial charge < -0.3 is 0 Å². The molecule has 0 amide bonds. The normalized spacial score (nSPS) is 14.0. The van der Waals surface area contributed by atoms with E-state index in [2.05, 4.69) is 3.63 Å². The van der Waals surface area contributed by atoms with Crippen molar-refractivity contribution < 1.29 is 20.5 Å². The summed E-state index contributed by atoms with van der Waals surface area (Å²) >= 11 is 19.5. The van der Waals surface area contributed by atoms with Crippen LogP contribution in [0.3, 0.4) is 0 Å². The van der Waals surface area contributed by atoms with Gasteiger partial charge in [0.2, 0.25) is 8.34 Å². The van der Waals surface area contributed by atoms with Gasteiger partial charge in [-0.05, 0) is 0 Å². The lowest BCUT2D eigenvalue weighted by Crippen LogP contribution is -2.22. The van der Waals surface area contributed by atoms with Gasteiger partial charge in [-0.3, -0.25) is 0 Å². The van der Waals surface area contributed by atoms with Crippen LogP contribution in [0.1, 0.15) is 0 Å². The van der Waals surface area contributed by atoms with Gasteiger partial charge in [0.05, 0.1) is 0 Å². The molecule has 0 N–H and O–H groups in total. The van der Waals surface area contributed by atoms with Crippen LogP contribution in [-0.2, 0) is 23.9 Å². The number of hydrogen-bond donors (Lipinski definition) is 0. The quantitative estimate of drug-likeness (QED) is 0.729. The molecular weight excluding hydrogens is 310 g/mol. The Morgan fingerprint density at radius 1 is 0.769 bits per heavy atom. The van der Waals surface area contributed by atoms with Crippen molar-refractivity contribution in [1.29, 1.82) is 0 Å². The summed E-state index contributed by atoms with van der Waals surface area (Å²) in [5.41, 5.74) is 0. The van der Waals surface area contributed by atoms with Crippen LogP contribution in [0.5, 0.6) is 0 Å². The van der Waals surface area contributed by atoms with E-state index in [0.29, 0.717) is 0 Å². The molecule has 13 heavy (non-hydrogen) atoms. The summed E-state index contributed by atoms with van der Waals surface area (Å²) in [4.78, 5) is 0. The van der Waals surface area contributed by atoms with Gasteiger partial charge in [-0.1, -0.05) is 46.4 Å². The molecule has 80 valence electrons. The summed E-state index contributed by atoms with van der Waals surface area (Å²) < 4.78 is 42.2. The van der Waals surface area contributed by atoms with Crippen LogP contribution >= 0.6 is 46.4 Å². The Morgan fingerprint density at radius 3 is 1.15 bits per heavy atom. The highest BCUT2D eigenvalue weighted by molar-refractivity contribution is 8.02. The fourth-order valence-corrected chi connectivity index (χ4v) is 2.79. The van der Waals surface area contributed by atoms with Gasteiger partial charge in [-0.25, -0.2) is 0 Å². The third-order valence-electron chi connectivity index (χ3n) is 0.626. The second kappa shape index (κ2) is 4.69. The van der Waals surface area contributed by atoms with Crippen LogP contribution in [-0.4, -0.2) is 25.2 Å². The van der Waals surface area contributed by atoms with Crippen LogP contribution in [0.4, 0.5) is 0 Å². The van der Waals surface area contributed by atoms with Crippen molar-refractivity contribution in [2.24, 2.45) is 0 Å². The van der Waals surface area contributed by atoms with Crippen LogP contribution in [0.15, 0.2) is 0 Å². The van der Waals surface area contributed by atoms with E-state index in [0.717, 1.165) is 0 Å². The Labute approximate surface area is 95.1 Å². The van der Waals surface area contributed by atoms with E-state index in [4.69, 9.17) is 46.4 Å². The van der Waals surface area contributed by atoms with Crippen LogP contribution in [0, 0.1) is 0 Å². The molecule has 0 unspecified atom stereocenters. The lowest BCUT2D eigenvalue weighted by molar-refractivity contribution is 0.465. The molecule has 0 saturated carbocycles. The van der Waals surface area contributed by atoms with Crippen molar-refractivity contribution in [1.82, 2.24) is 0 Å². The smallest absolute Gasteiger partial charge is 0.195 e. The van der Waals surface area contributed by atoms with Crippen molar-refractivity contribution in [3.05, 3.63) is 0 Å². The Morgan fingerprint density at radius 2 is 1.00 bits per heavy atom. The fraction of sp³-hybridized carbons (Fsp3) is 1.00. The van der Waals surface area contributed by atoms with Gasteiger partial charge in [-0.15, -0.1) is 3.63 Å². The zero-order valence-corrected chi connectivity index (χ0v) is 10.2. The van der Waals surface area contributed by atoms with Gasteiger partial charge >= 0.3 is 20.2 Å². The third-order valence-corrected chi connectivity index (χ3v) is 5.64. The van der Waals surface area contributed by atoms with Crippen molar-refractivity contribution >= 4 is 66.6 Å². The fourth-order valence-electron chi connectivity index (χ4n) is 0.192. The van der Waals surface area contributed by atoms with Gasteiger partial charge in [0, 0.05) is 0 Å². The molecule has 0 aromatic rings. The van der Waals surface area contributed by atoms with E-state index in [1.807, 2.05) is 0 Å². The summed E-state index contributed by atoms with van der Waals surface area (Å²) in [6.45, 7) is 0. The molecule has 0 rings (SSSR count). The zero-order valence-electron chi connectivity index (χ0n) is 5.52. The minimum Gasteiger partial charge on any atom is -0.195 e. The van der Waals surface area contributed by atoms with E-state index < -0.39 is 28.6 Å². The first-order valence-corrected chi connectivity index (χ1v) is 7.03. The van der Waals surface area contributed by atoms with E-state index in [9.17, 15) is 16.8 Å². The molecule has 0 aromatic heterocycles. The van der Waals surface area contributed by atoms with Crippen molar-refractivity contribution in [2.45, 2.75) is 8.34 Å². The Balaban J connectivity index is 4.86. The molecule has 0 aliphatic heterocycles. The molecule has 0 bridgehead atoms. The van der Waals surface area contributed by atoms with Crippen molar-refractivity contribution in [3.63, 3.8) is 0 Å². The molecule has 0 aromatic carbocycles. The highest BCUT2D eigenvalue weighted by atomic mass is 35.5. The van der Waals surface area contributed by atoms with E-state index in [1.165, 1.54) is 0 Å². The van der Waals surface area contributed by atoms with Crippen molar-refractivity contribution in [2.75, 3.05) is 0 Å². The monoisotopic (exact) mass is 310 g/mol. The van der Waals surface area contributed by atoms with Gasteiger partial charge in [0.15, 0.2) is 0 Å². The largest absolute Gasteiger partial charge is 0.313 e. The highest BCUT2D eigenvalue weighted by Gasteiger charge is 2.33. The summed E-state index contributed by atoms with van der Waals surface area (Å²) in [6.07, 6.45) is 0. The average Bonchev–Trinajstić information content (AvgIpc) is 1.83. The molecule has 0 heterocycles. The third kappa shape index (κ3) is 4.37. The minimum atomic E-state index is -4.63. The van der Waals surface area contributed by atoms with Gasteiger partial charge in [0.25, 0.3) is 0 Å². The first kappa shape index (κ1) is 14.0. The molecule has 0 radical (unpaired) electrons. The molecule has 0 aliphatic carbocycles. The molecule has 0 fully saturated rings. The van der Waals surface area contributed by atoms with Gasteiger partial charge in [-0.2, -0.15) is 16.8 Å². The predicted octanol–water partition coefficient (Wildman–Crippen LogP) is 1.19. The zero-order chi connectivity index (χ0) is 10.9. The standard InChI is InChI=1S/C2H2Cl4O5S2/c3-1(4)12(7,8)11-13(9,10)2(5)6/h1-2H. The first-order valence-electron chi connectivity index (χ1n) is 2.34. The maximum atomic E-state index is 10.7. The lowest BCUT2D eigenvalue weighted by atomic mass is 11.9. The summed E-state index contributed by atoms with van der Waals surface area (Å²) in [5.74, 6) is 0.